The standard InChI is InChI=1S/C26H28N2O6S/c1-17-8-6-7-9-26(17)35(29,30)28-22(20-15-19(31-2)11-13-23(20)32-3)16-21(27-28)18-10-12-24(33-4)25(14-18)34-5/h6-15,22H,16H2,1-5H3/t22-/m1/s1. The number of hydrazone groups is 1. The molecule has 0 radical (unpaired) electrons. The lowest BCUT2D eigenvalue weighted by Crippen LogP contribution is -2.28. The summed E-state index contributed by atoms with van der Waals surface area (Å²) in [5.41, 5.74) is 2.62. The van der Waals surface area contributed by atoms with Gasteiger partial charge in [-0.05, 0) is 55.0 Å². The summed E-state index contributed by atoms with van der Waals surface area (Å²) in [5.74, 6) is 2.24. The normalized spacial score (nSPS) is 15.5. The number of aryl methyl sites for hydroxylation is 1. The highest BCUT2D eigenvalue weighted by molar-refractivity contribution is 7.89. The molecular weight excluding hydrogens is 468 g/mol. The van der Waals surface area contributed by atoms with E-state index in [0.29, 0.717) is 46.3 Å². The van der Waals surface area contributed by atoms with Gasteiger partial charge in [-0.3, -0.25) is 0 Å². The molecule has 184 valence electrons. The summed E-state index contributed by atoms with van der Waals surface area (Å²) in [7, 11) is 2.24. The number of nitrogens with zero attached hydrogens (tertiary/aromatic N) is 2. The Bertz CT molecular complexity index is 1370. The number of methoxy groups -OCH3 is 4. The van der Waals surface area contributed by atoms with Crippen LogP contribution in [-0.4, -0.2) is 47.0 Å². The molecule has 0 amide bonds. The van der Waals surface area contributed by atoms with E-state index in [1.807, 2.05) is 6.07 Å². The van der Waals surface area contributed by atoms with Gasteiger partial charge in [0, 0.05) is 17.5 Å². The zero-order valence-corrected chi connectivity index (χ0v) is 21.1. The summed E-state index contributed by atoms with van der Waals surface area (Å²) < 4.78 is 50.8. The lowest BCUT2D eigenvalue weighted by Gasteiger charge is -2.25. The summed E-state index contributed by atoms with van der Waals surface area (Å²) in [4.78, 5) is 0.198. The van der Waals surface area contributed by atoms with E-state index in [2.05, 4.69) is 5.10 Å². The number of ether oxygens (including phenoxy) is 4. The molecule has 1 aliphatic heterocycles. The number of sulfonamides is 1. The molecule has 1 heterocycles. The quantitative estimate of drug-likeness (QED) is 0.454. The van der Waals surface area contributed by atoms with Crippen LogP contribution in [0.25, 0.3) is 0 Å². The topological polar surface area (TPSA) is 86.7 Å². The van der Waals surface area contributed by atoms with E-state index in [1.165, 1.54) is 4.41 Å². The van der Waals surface area contributed by atoms with Crippen molar-refractivity contribution in [3.8, 4) is 23.0 Å². The van der Waals surface area contributed by atoms with E-state index in [4.69, 9.17) is 18.9 Å². The lowest BCUT2D eigenvalue weighted by molar-refractivity contribution is 0.346. The van der Waals surface area contributed by atoms with E-state index in [0.717, 1.165) is 5.56 Å². The van der Waals surface area contributed by atoms with Crippen molar-refractivity contribution in [3.05, 3.63) is 77.4 Å². The van der Waals surface area contributed by atoms with Gasteiger partial charge in [-0.1, -0.05) is 18.2 Å². The van der Waals surface area contributed by atoms with Crippen molar-refractivity contribution < 1.29 is 27.4 Å². The van der Waals surface area contributed by atoms with Crippen LogP contribution < -0.4 is 18.9 Å². The largest absolute Gasteiger partial charge is 0.497 e. The highest BCUT2D eigenvalue weighted by Gasteiger charge is 2.40. The predicted octanol–water partition coefficient (Wildman–Crippen LogP) is 4.57. The Morgan fingerprint density at radius 3 is 2.17 bits per heavy atom. The van der Waals surface area contributed by atoms with Crippen molar-refractivity contribution >= 4 is 15.7 Å². The average Bonchev–Trinajstić information content (AvgIpc) is 3.34. The molecule has 0 aromatic heterocycles. The Morgan fingerprint density at radius 1 is 0.829 bits per heavy atom. The molecule has 0 aliphatic carbocycles. The molecule has 0 bridgehead atoms. The van der Waals surface area contributed by atoms with Crippen LogP contribution in [0.1, 0.15) is 29.2 Å². The van der Waals surface area contributed by atoms with Crippen molar-refractivity contribution in [2.24, 2.45) is 5.10 Å². The van der Waals surface area contributed by atoms with Gasteiger partial charge in [0.1, 0.15) is 11.5 Å². The van der Waals surface area contributed by atoms with Crippen molar-refractivity contribution in [3.63, 3.8) is 0 Å². The second-order valence-electron chi connectivity index (χ2n) is 7.99. The summed E-state index contributed by atoms with van der Waals surface area (Å²) in [6.07, 6.45) is 0.324. The minimum absolute atomic E-state index is 0.198. The number of rotatable bonds is 8. The monoisotopic (exact) mass is 496 g/mol. The fourth-order valence-corrected chi connectivity index (χ4v) is 5.83. The summed E-state index contributed by atoms with van der Waals surface area (Å²) in [6, 6.07) is 17.0. The smallest absolute Gasteiger partial charge is 0.279 e. The molecule has 1 aliphatic rings. The second-order valence-corrected chi connectivity index (χ2v) is 9.75. The van der Waals surface area contributed by atoms with Crippen LogP contribution in [0.5, 0.6) is 23.0 Å². The number of hydrogen-bond donors (Lipinski definition) is 0. The third-order valence-electron chi connectivity index (χ3n) is 6.00. The Kier molecular flexibility index (Phi) is 6.88. The molecule has 8 nitrogen and oxygen atoms in total. The highest BCUT2D eigenvalue weighted by Crippen LogP contribution is 2.43. The molecule has 35 heavy (non-hydrogen) atoms. The maximum absolute atomic E-state index is 13.9. The molecule has 0 saturated carbocycles. The van der Waals surface area contributed by atoms with Crippen LogP contribution in [0.15, 0.2) is 70.7 Å². The minimum atomic E-state index is -3.99. The maximum atomic E-state index is 13.9. The molecule has 3 aromatic carbocycles. The molecule has 0 fully saturated rings. The number of benzene rings is 3. The summed E-state index contributed by atoms with van der Waals surface area (Å²) in [6.45, 7) is 1.77. The van der Waals surface area contributed by atoms with E-state index in [1.54, 1.807) is 90.0 Å². The fraction of sp³-hybridized carbons (Fsp3) is 0.269. The maximum Gasteiger partial charge on any atom is 0.279 e. The van der Waals surface area contributed by atoms with Gasteiger partial charge < -0.3 is 18.9 Å². The van der Waals surface area contributed by atoms with E-state index < -0.39 is 16.1 Å². The summed E-state index contributed by atoms with van der Waals surface area (Å²) in [5, 5.41) is 4.64. The van der Waals surface area contributed by atoms with Crippen LogP contribution in [-0.2, 0) is 10.0 Å². The molecule has 1 atom stereocenters. The molecule has 0 saturated heterocycles. The fourth-order valence-electron chi connectivity index (χ4n) is 4.18. The van der Waals surface area contributed by atoms with Gasteiger partial charge in [0.05, 0.1) is 45.1 Å². The average molecular weight is 497 g/mol. The van der Waals surface area contributed by atoms with Gasteiger partial charge >= 0.3 is 0 Å². The minimum Gasteiger partial charge on any atom is -0.497 e. The molecule has 0 N–H and O–H groups in total. The Labute approximate surface area is 205 Å². The zero-order valence-electron chi connectivity index (χ0n) is 20.3. The van der Waals surface area contributed by atoms with Gasteiger partial charge in [0.2, 0.25) is 0 Å². The van der Waals surface area contributed by atoms with Crippen LogP contribution in [0.3, 0.4) is 0 Å². The first-order valence-electron chi connectivity index (χ1n) is 11.0. The first-order chi connectivity index (χ1) is 16.8. The van der Waals surface area contributed by atoms with Crippen molar-refractivity contribution in [2.75, 3.05) is 28.4 Å². The van der Waals surface area contributed by atoms with Crippen molar-refractivity contribution in [1.82, 2.24) is 4.41 Å². The van der Waals surface area contributed by atoms with E-state index in [-0.39, 0.29) is 4.90 Å². The van der Waals surface area contributed by atoms with Crippen LogP contribution in [0.2, 0.25) is 0 Å². The van der Waals surface area contributed by atoms with E-state index in [9.17, 15) is 8.42 Å². The molecule has 9 heteroatoms. The molecule has 4 rings (SSSR count). The van der Waals surface area contributed by atoms with Gasteiger partial charge in [0.15, 0.2) is 11.5 Å². The van der Waals surface area contributed by atoms with Crippen molar-refractivity contribution in [2.45, 2.75) is 24.3 Å². The van der Waals surface area contributed by atoms with Gasteiger partial charge in [-0.2, -0.15) is 17.9 Å². The lowest BCUT2D eigenvalue weighted by atomic mass is 9.98. The van der Waals surface area contributed by atoms with E-state index >= 15 is 0 Å². The Balaban J connectivity index is 1.88. The molecule has 3 aromatic rings. The van der Waals surface area contributed by atoms with Gasteiger partial charge in [0.25, 0.3) is 10.0 Å². The van der Waals surface area contributed by atoms with Crippen LogP contribution in [0, 0.1) is 6.92 Å². The summed E-state index contributed by atoms with van der Waals surface area (Å²) >= 11 is 0. The van der Waals surface area contributed by atoms with Gasteiger partial charge in [-0.15, -0.1) is 0 Å². The first-order valence-corrected chi connectivity index (χ1v) is 12.4. The second kappa shape index (κ2) is 9.87. The van der Waals surface area contributed by atoms with Crippen molar-refractivity contribution in [1.29, 1.82) is 0 Å². The highest BCUT2D eigenvalue weighted by atomic mass is 32.2. The Hall–Kier alpha value is -3.72. The molecule has 0 spiro atoms. The third kappa shape index (κ3) is 4.51. The Morgan fingerprint density at radius 2 is 1.51 bits per heavy atom. The van der Waals surface area contributed by atoms with Gasteiger partial charge in [-0.25, -0.2) is 0 Å². The predicted molar refractivity (Wildman–Crippen MR) is 133 cm³/mol. The molecular formula is C26H28N2O6S. The first kappa shape index (κ1) is 24.4. The number of hydrogen-bond acceptors (Lipinski definition) is 7. The van der Waals surface area contributed by atoms with Crippen LogP contribution >= 0.6 is 0 Å². The third-order valence-corrected chi connectivity index (χ3v) is 7.85. The molecule has 0 unspecified atom stereocenters. The zero-order chi connectivity index (χ0) is 25.2. The van der Waals surface area contributed by atoms with Crippen LogP contribution in [0.4, 0.5) is 0 Å². The SMILES string of the molecule is COc1ccc(OC)c([C@H]2CC(c3ccc(OC)c(OC)c3)=NN2S(=O)(=O)c2ccccc2C)c1.